The number of hydrogen-bond acceptors (Lipinski definition) is 1. The molecular formula is C13H10F3N. The first kappa shape index (κ1) is 11.5. The number of benzene rings is 2. The van der Waals surface area contributed by atoms with Gasteiger partial charge in [0.05, 0.1) is 0 Å². The Morgan fingerprint density at radius 3 is 2.06 bits per heavy atom. The lowest BCUT2D eigenvalue weighted by Crippen LogP contribution is -2.01. The molecule has 1 N–H and O–H groups in total. The summed E-state index contributed by atoms with van der Waals surface area (Å²) in [5, 5.41) is 2.82. The van der Waals surface area contributed by atoms with E-state index in [1.54, 1.807) is 0 Å². The van der Waals surface area contributed by atoms with Crippen LogP contribution in [-0.2, 0) is 6.54 Å². The van der Waals surface area contributed by atoms with Gasteiger partial charge in [-0.1, -0.05) is 30.3 Å². The van der Waals surface area contributed by atoms with Crippen molar-refractivity contribution in [3.8, 4) is 0 Å². The Labute approximate surface area is 96.9 Å². The lowest BCUT2D eigenvalue weighted by atomic mass is 10.2. The summed E-state index contributed by atoms with van der Waals surface area (Å²) in [6.07, 6.45) is 0. The molecule has 0 saturated heterocycles. The molecule has 2 rings (SSSR count). The van der Waals surface area contributed by atoms with Crippen molar-refractivity contribution in [3.05, 3.63) is 65.5 Å². The van der Waals surface area contributed by atoms with E-state index in [1.165, 1.54) is 0 Å². The van der Waals surface area contributed by atoms with Crippen LogP contribution < -0.4 is 5.32 Å². The summed E-state index contributed by atoms with van der Waals surface area (Å²) >= 11 is 0. The first-order chi connectivity index (χ1) is 8.16. The van der Waals surface area contributed by atoms with E-state index in [1.807, 2.05) is 30.3 Å². The van der Waals surface area contributed by atoms with E-state index < -0.39 is 17.5 Å². The van der Waals surface area contributed by atoms with Gasteiger partial charge in [0.15, 0.2) is 17.5 Å². The average Bonchev–Trinajstić information content (AvgIpc) is 2.34. The Morgan fingerprint density at radius 2 is 1.47 bits per heavy atom. The Bertz CT molecular complexity index is 488. The number of anilines is 1. The zero-order valence-electron chi connectivity index (χ0n) is 8.88. The fourth-order valence-corrected chi connectivity index (χ4v) is 1.46. The summed E-state index contributed by atoms with van der Waals surface area (Å²) in [5.41, 5.74) is 1.18. The third kappa shape index (κ3) is 2.78. The maximum absolute atomic E-state index is 12.9. The van der Waals surface area contributed by atoms with Crippen molar-refractivity contribution in [1.82, 2.24) is 0 Å². The lowest BCUT2D eigenvalue weighted by Gasteiger charge is -2.07. The first-order valence-corrected chi connectivity index (χ1v) is 5.09. The van der Waals surface area contributed by atoms with E-state index in [0.717, 1.165) is 17.7 Å². The standard InChI is InChI=1S/C13H10F3N/c14-11-6-10(7-12(15)13(11)16)17-8-9-4-2-1-3-5-9/h1-7,17H,8H2. The van der Waals surface area contributed by atoms with Crippen LogP contribution in [0.15, 0.2) is 42.5 Å². The highest BCUT2D eigenvalue weighted by Crippen LogP contribution is 2.17. The van der Waals surface area contributed by atoms with E-state index in [2.05, 4.69) is 5.32 Å². The highest BCUT2D eigenvalue weighted by atomic mass is 19.2. The van der Waals surface area contributed by atoms with Crippen molar-refractivity contribution in [1.29, 1.82) is 0 Å². The van der Waals surface area contributed by atoms with Crippen molar-refractivity contribution < 1.29 is 13.2 Å². The second kappa shape index (κ2) is 4.91. The highest BCUT2D eigenvalue weighted by Gasteiger charge is 2.09. The van der Waals surface area contributed by atoms with Crippen LogP contribution in [0.3, 0.4) is 0 Å². The van der Waals surface area contributed by atoms with Gasteiger partial charge in [0.1, 0.15) is 0 Å². The molecule has 2 aromatic carbocycles. The normalized spacial score (nSPS) is 10.3. The summed E-state index contributed by atoms with van der Waals surface area (Å²) in [6.45, 7) is 0.422. The van der Waals surface area contributed by atoms with Crippen molar-refractivity contribution >= 4 is 5.69 Å². The number of hydrogen-bond donors (Lipinski definition) is 1. The molecule has 2 aromatic rings. The molecule has 17 heavy (non-hydrogen) atoms. The zero-order valence-corrected chi connectivity index (χ0v) is 8.88. The molecular weight excluding hydrogens is 227 g/mol. The topological polar surface area (TPSA) is 12.0 Å². The molecule has 0 aliphatic rings. The van der Waals surface area contributed by atoms with Crippen LogP contribution in [0.25, 0.3) is 0 Å². The van der Waals surface area contributed by atoms with Gasteiger partial charge in [0.2, 0.25) is 0 Å². The maximum atomic E-state index is 12.9. The second-order valence-corrected chi connectivity index (χ2v) is 3.59. The minimum atomic E-state index is -1.45. The fraction of sp³-hybridized carbons (Fsp3) is 0.0769. The van der Waals surface area contributed by atoms with E-state index in [-0.39, 0.29) is 5.69 Å². The number of halogens is 3. The number of rotatable bonds is 3. The highest BCUT2D eigenvalue weighted by molar-refractivity contribution is 5.44. The van der Waals surface area contributed by atoms with Gasteiger partial charge in [0, 0.05) is 24.4 Å². The quantitative estimate of drug-likeness (QED) is 0.802. The predicted octanol–water partition coefficient (Wildman–Crippen LogP) is 3.72. The molecule has 0 radical (unpaired) electrons. The molecule has 0 spiro atoms. The lowest BCUT2D eigenvalue weighted by molar-refractivity contribution is 0.447. The zero-order chi connectivity index (χ0) is 12.3. The van der Waals surface area contributed by atoms with Crippen LogP contribution in [-0.4, -0.2) is 0 Å². The third-order valence-corrected chi connectivity index (χ3v) is 2.32. The third-order valence-electron chi connectivity index (χ3n) is 2.32. The molecule has 0 aromatic heterocycles. The minimum Gasteiger partial charge on any atom is -0.381 e. The van der Waals surface area contributed by atoms with Crippen LogP contribution in [0.5, 0.6) is 0 Å². The van der Waals surface area contributed by atoms with Crippen molar-refractivity contribution in [3.63, 3.8) is 0 Å². The van der Waals surface area contributed by atoms with Crippen molar-refractivity contribution in [2.45, 2.75) is 6.54 Å². The fourth-order valence-electron chi connectivity index (χ4n) is 1.46. The van der Waals surface area contributed by atoms with Gasteiger partial charge in [0.25, 0.3) is 0 Å². The summed E-state index contributed by atoms with van der Waals surface area (Å²) < 4.78 is 38.5. The second-order valence-electron chi connectivity index (χ2n) is 3.59. The van der Waals surface area contributed by atoms with Crippen molar-refractivity contribution in [2.75, 3.05) is 5.32 Å². The van der Waals surface area contributed by atoms with Gasteiger partial charge in [-0.05, 0) is 5.56 Å². The molecule has 4 heteroatoms. The SMILES string of the molecule is Fc1cc(NCc2ccccc2)cc(F)c1F. The van der Waals surface area contributed by atoms with Gasteiger partial charge in [-0.2, -0.15) is 0 Å². The monoisotopic (exact) mass is 237 g/mol. The number of nitrogens with one attached hydrogen (secondary N) is 1. The van der Waals surface area contributed by atoms with Crippen LogP contribution in [0, 0.1) is 17.5 Å². The van der Waals surface area contributed by atoms with Crippen LogP contribution in [0.2, 0.25) is 0 Å². The van der Waals surface area contributed by atoms with E-state index in [4.69, 9.17) is 0 Å². The molecule has 1 nitrogen and oxygen atoms in total. The molecule has 0 unspecified atom stereocenters. The van der Waals surface area contributed by atoms with Crippen LogP contribution >= 0.6 is 0 Å². The maximum Gasteiger partial charge on any atom is 0.194 e. The summed E-state index contributed by atoms with van der Waals surface area (Å²) in [7, 11) is 0. The minimum absolute atomic E-state index is 0.213. The summed E-state index contributed by atoms with van der Waals surface area (Å²) in [4.78, 5) is 0. The molecule has 0 bridgehead atoms. The van der Waals surface area contributed by atoms with Gasteiger partial charge in [-0.3, -0.25) is 0 Å². The van der Waals surface area contributed by atoms with Gasteiger partial charge < -0.3 is 5.32 Å². The van der Waals surface area contributed by atoms with E-state index in [0.29, 0.717) is 6.54 Å². The van der Waals surface area contributed by atoms with Gasteiger partial charge in [-0.25, -0.2) is 13.2 Å². The molecule has 0 aliphatic carbocycles. The molecule has 0 atom stereocenters. The molecule has 0 heterocycles. The van der Waals surface area contributed by atoms with Gasteiger partial charge >= 0.3 is 0 Å². The molecule has 0 saturated carbocycles. The van der Waals surface area contributed by atoms with Crippen molar-refractivity contribution in [2.24, 2.45) is 0 Å². The van der Waals surface area contributed by atoms with E-state index >= 15 is 0 Å². The molecule has 0 aliphatic heterocycles. The predicted molar refractivity (Wildman–Crippen MR) is 60.1 cm³/mol. The van der Waals surface area contributed by atoms with Crippen LogP contribution in [0.1, 0.15) is 5.56 Å². The first-order valence-electron chi connectivity index (χ1n) is 5.09. The average molecular weight is 237 g/mol. The Hall–Kier alpha value is -1.97. The molecule has 88 valence electrons. The largest absolute Gasteiger partial charge is 0.381 e. The van der Waals surface area contributed by atoms with Crippen LogP contribution in [0.4, 0.5) is 18.9 Å². The molecule has 0 amide bonds. The molecule has 0 fully saturated rings. The van der Waals surface area contributed by atoms with E-state index in [9.17, 15) is 13.2 Å². The summed E-state index contributed by atoms with van der Waals surface area (Å²) in [6, 6.07) is 11.2. The van der Waals surface area contributed by atoms with Gasteiger partial charge in [-0.15, -0.1) is 0 Å². The Morgan fingerprint density at radius 1 is 0.882 bits per heavy atom. The Kier molecular flexibility index (Phi) is 3.32. The Balaban J connectivity index is 2.10. The smallest absolute Gasteiger partial charge is 0.194 e. The summed E-state index contributed by atoms with van der Waals surface area (Å²) in [5.74, 6) is -3.84.